The van der Waals surface area contributed by atoms with Crippen LogP contribution in [-0.4, -0.2) is 28.6 Å². The Hall–Kier alpha value is -2.01. The summed E-state index contributed by atoms with van der Waals surface area (Å²) in [5, 5.41) is 3.49. The van der Waals surface area contributed by atoms with E-state index in [4.69, 9.17) is 0 Å². The van der Waals surface area contributed by atoms with Crippen LogP contribution >= 0.6 is 0 Å². The molecule has 0 aromatic carbocycles. The molecule has 21 heavy (non-hydrogen) atoms. The van der Waals surface area contributed by atoms with Crippen molar-refractivity contribution in [2.24, 2.45) is 0 Å². The lowest BCUT2D eigenvalue weighted by molar-refractivity contribution is 0.329. The van der Waals surface area contributed by atoms with Gasteiger partial charge in [-0.05, 0) is 32.0 Å². The van der Waals surface area contributed by atoms with Crippen molar-refractivity contribution in [3.8, 4) is 0 Å². The van der Waals surface area contributed by atoms with Gasteiger partial charge in [0.25, 0.3) is 0 Å². The summed E-state index contributed by atoms with van der Waals surface area (Å²) in [5.41, 5.74) is 0.657. The van der Waals surface area contributed by atoms with Crippen LogP contribution in [0.1, 0.15) is 25.5 Å². The fourth-order valence-electron chi connectivity index (χ4n) is 2.82. The van der Waals surface area contributed by atoms with Gasteiger partial charge in [-0.2, -0.15) is 0 Å². The zero-order chi connectivity index (χ0) is 14.8. The van der Waals surface area contributed by atoms with Crippen LogP contribution in [0.3, 0.4) is 0 Å². The number of halogens is 1. The Morgan fingerprint density at radius 3 is 2.81 bits per heavy atom. The summed E-state index contributed by atoms with van der Waals surface area (Å²) in [6, 6.07) is 8.07. The second-order valence-electron chi connectivity index (χ2n) is 5.49. The van der Waals surface area contributed by atoms with Crippen molar-refractivity contribution in [3.63, 3.8) is 0 Å². The van der Waals surface area contributed by atoms with E-state index in [1.54, 1.807) is 18.5 Å². The van der Waals surface area contributed by atoms with Crippen LogP contribution in [-0.2, 0) is 0 Å². The molecule has 2 unspecified atom stereocenters. The lowest BCUT2D eigenvalue weighted by atomic mass is 9.98. The number of nitrogens with one attached hydrogen (secondary N) is 1. The van der Waals surface area contributed by atoms with Crippen molar-refractivity contribution >= 4 is 5.82 Å². The predicted molar refractivity (Wildman–Crippen MR) is 80.6 cm³/mol. The van der Waals surface area contributed by atoms with Crippen molar-refractivity contribution in [1.82, 2.24) is 15.3 Å². The first-order valence-corrected chi connectivity index (χ1v) is 7.20. The van der Waals surface area contributed by atoms with Gasteiger partial charge in [-0.25, -0.2) is 9.37 Å². The molecule has 1 aliphatic heterocycles. The van der Waals surface area contributed by atoms with E-state index in [2.05, 4.69) is 34.0 Å². The summed E-state index contributed by atoms with van der Waals surface area (Å²) in [7, 11) is 0. The molecule has 0 spiro atoms. The maximum Gasteiger partial charge on any atom is 0.146 e. The van der Waals surface area contributed by atoms with Crippen molar-refractivity contribution in [1.29, 1.82) is 0 Å². The van der Waals surface area contributed by atoms with Crippen molar-refractivity contribution in [2.75, 3.05) is 11.4 Å². The number of pyridine rings is 2. The van der Waals surface area contributed by atoms with Gasteiger partial charge < -0.3 is 10.2 Å². The van der Waals surface area contributed by atoms with Gasteiger partial charge in [0.15, 0.2) is 0 Å². The van der Waals surface area contributed by atoms with Crippen LogP contribution < -0.4 is 10.2 Å². The first kappa shape index (κ1) is 13.9. The fraction of sp³-hybridized carbons (Fsp3) is 0.375. The Labute approximate surface area is 124 Å². The summed E-state index contributed by atoms with van der Waals surface area (Å²) in [6.45, 7) is 4.96. The Morgan fingerprint density at radius 2 is 2.10 bits per heavy atom. The molecule has 3 rings (SSSR count). The Bertz CT molecular complexity index is 604. The van der Waals surface area contributed by atoms with Crippen LogP contribution in [0.4, 0.5) is 10.2 Å². The molecule has 0 aliphatic carbocycles. The molecule has 1 aliphatic rings. The summed E-state index contributed by atoms with van der Waals surface area (Å²) in [5.74, 6) is 0.663. The van der Waals surface area contributed by atoms with Gasteiger partial charge in [0.1, 0.15) is 11.6 Å². The average Bonchev–Trinajstić information content (AvgIpc) is 2.51. The minimum atomic E-state index is -0.266. The molecular weight excluding hydrogens is 267 g/mol. The van der Waals surface area contributed by atoms with Crippen LogP contribution in [0.25, 0.3) is 0 Å². The molecular formula is C16H19FN4. The Morgan fingerprint density at radius 1 is 1.24 bits per heavy atom. The van der Waals surface area contributed by atoms with E-state index in [0.29, 0.717) is 18.2 Å². The zero-order valence-corrected chi connectivity index (χ0v) is 12.2. The van der Waals surface area contributed by atoms with Crippen LogP contribution in [0.15, 0.2) is 42.9 Å². The summed E-state index contributed by atoms with van der Waals surface area (Å²) in [4.78, 5) is 10.5. The smallest absolute Gasteiger partial charge is 0.146 e. The van der Waals surface area contributed by atoms with Crippen molar-refractivity contribution in [3.05, 3.63) is 54.2 Å². The number of nitrogens with zero attached hydrogens (tertiary/aromatic N) is 3. The van der Waals surface area contributed by atoms with Gasteiger partial charge >= 0.3 is 0 Å². The molecule has 1 saturated heterocycles. The zero-order valence-electron chi connectivity index (χ0n) is 12.2. The standard InChI is InChI=1S/C16H19FN4/c1-11-12(2)21(16-5-3-4-7-19-16)10-15(20-11)13-6-8-18-9-14(13)17/h3-9,11-12,15,20H,10H2,1-2H3/t11-,12?,15?/m1/s1. The van der Waals surface area contributed by atoms with Crippen LogP contribution in [0.2, 0.25) is 0 Å². The second kappa shape index (κ2) is 5.77. The summed E-state index contributed by atoms with van der Waals surface area (Å²) in [6.07, 6.45) is 4.69. The van der Waals surface area contributed by atoms with Gasteiger partial charge in [0.05, 0.1) is 12.2 Å². The average molecular weight is 286 g/mol. The molecule has 0 saturated carbocycles. The van der Waals surface area contributed by atoms with Gasteiger partial charge in [-0.1, -0.05) is 6.07 Å². The minimum absolute atomic E-state index is 0.0683. The Kier molecular flexibility index (Phi) is 3.84. The number of hydrogen-bond acceptors (Lipinski definition) is 4. The maximum absolute atomic E-state index is 14.0. The predicted octanol–water partition coefficient (Wildman–Crippen LogP) is 2.54. The second-order valence-corrected chi connectivity index (χ2v) is 5.49. The van der Waals surface area contributed by atoms with Gasteiger partial charge in [-0.15, -0.1) is 0 Å². The van der Waals surface area contributed by atoms with Gasteiger partial charge in [0.2, 0.25) is 0 Å². The van der Waals surface area contributed by atoms with E-state index < -0.39 is 0 Å². The molecule has 3 atom stereocenters. The maximum atomic E-state index is 14.0. The van der Waals surface area contributed by atoms with E-state index in [9.17, 15) is 4.39 Å². The van der Waals surface area contributed by atoms with E-state index in [0.717, 1.165) is 5.82 Å². The normalized spacial score (nSPS) is 25.9. The highest BCUT2D eigenvalue weighted by atomic mass is 19.1. The highest BCUT2D eigenvalue weighted by molar-refractivity contribution is 5.42. The molecule has 4 nitrogen and oxygen atoms in total. The number of anilines is 1. The quantitative estimate of drug-likeness (QED) is 0.921. The number of piperazine rings is 1. The third kappa shape index (κ3) is 2.74. The third-order valence-electron chi connectivity index (χ3n) is 4.18. The lowest BCUT2D eigenvalue weighted by Gasteiger charge is -2.43. The largest absolute Gasteiger partial charge is 0.350 e. The van der Waals surface area contributed by atoms with Crippen LogP contribution in [0, 0.1) is 5.82 Å². The van der Waals surface area contributed by atoms with Crippen molar-refractivity contribution < 1.29 is 4.39 Å². The Balaban J connectivity index is 1.91. The molecule has 1 fully saturated rings. The first-order valence-electron chi connectivity index (χ1n) is 7.20. The third-order valence-corrected chi connectivity index (χ3v) is 4.18. The molecule has 2 aromatic heterocycles. The molecule has 3 heterocycles. The highest BCUT2D eigenvalue weighted by Gasteiger charge is 2.32. The number of aromatic nitrogens is 2. The molecule has 2 aromatic rings. The van der Waals surface area contributed by atoms with Gasteiger partial charge in [-0.3, -0.25) is 4.98 Å². The van der Waals surface area contributed by atoms with Gasteiger partial charge in [0, 0.05) is 36.6 Å². The van der Waals surface area contributed by atoms with Crippen molar-refractivity contribution in [2.45, 2.75) is 32.0 Å². The van der Waals surface area contributed by atoms with E-state index >= 15 is 0 Å². The summed E-state index contributed by atoms with van der Waals surface area (Å²) < 4.78 is 14.0. The molecule has 0 amide bonds. The molecule has 0 bridgehead atoms. The fourth-order valence-corrected chi connectivity index (χ4v) is 2.82. The number of rotatable bonds is 2. The van der Waals surface area contributed by atoms with E-state index in [-0.39, 0.29) is 17.9 Å². The highest BCUT2D eigenvalue weighted by Crippen LogP contribution is 2.27. The summed E-state index contributed by atoms with van der Waals surface area (Å²) >= 11 is 0. The SMILES string of the molecule is CC1[C@@H](C)NC(c2ccncc2F)CN1c1ccccn1. The van der Waals surface area contributed by atoms with Crippen LogP contribution in [0.5, 0.6) is 0 Å². The molecule has 110 valence electrons. The molecule has 1 N–H and O–H groups in total. The van der Waals surface area contributed by atoms with E-state index in [1.807, 2.05) is 18.2 Å². The minimum Gasteiger partial charge on any atom is -0.350 e. The first-order chi connectivity index (χ1) is 10.2. The molecule has 0 radical (unpaired) electrons. The lowest BCUT2D eigenvalue weighted by Crippen LogP contribution is -2.57. The van der Waals surface area contributed by atoms with E-state index in [1.165, 1.54) is 6.20 Å². The monoisotopic (exact) mass is 286 g/mol. The number of hydrogen-bond donors (Lipinski definition) is 1. The topological polar surface area (TPSA) is 41.1 Å². The molecule has 5 heteroatoms.